The summed E-state index contributed by atoms with van der Waals surface area (Å²) < 4.78 is 0. The Morgan fingerprint density at radius 3 is 2.20 bits per heavy atom. The zero-order valence-electron chi connectivity index (χ0n) is 25.8. The first-order chi connectivity index (χ1) is 21.8. The van der Waals surface area contributed by atoms with E-state index >= 15 is 0 Å². The highest BCUT2D eigenvalue weighted by Gasteiger charge is 2.17. The Morgan fingerprint density at radius 1 is 0.956 bits per heavy atom. The summed E-state index contributed by atoms with van der Waals surface area (Å²) in [6, 6.07) is 17.2. The van der Waals surface area contributed by atoms with Gasteiger partial charge in [0.25, 0.3) is 5.91 Å². The molecule has 1 aliphatic rings. The van der Waals surface area contributed by atoms with Gasteiger partial charge in [-0.2, -0.15) is 5.10 Å². The second-order valence-electron chi connectivity index (χ2n) is 10.1. The van der Waals surface area contributed by atoms with Gasteiger partial charge in [0, 0.05) is 31.1 Å². The van der Waals surface area contributed by atoms with Crippen molar-refractivity contribution < 1.29 is 24.6 Å². The number of rotatable bonds is 10. The Kier molecular flexibility index (Phi) is 14.6. The number of carbonyl (C=O) groups is 3. The molecule has 5 N–H and O–H groups in total. The van der Waals surface area contributed by atoms with E-state index in [2.05, 4.69) is 39.4 Å². The molecule has 2 aromatic carbocycles. The van der Waals surface area contributed by atoms with Crippen molar-refractivity contribution in [3.8, 4) is 16.2 Å². The fraction of sp³-hybridized carbons (Fsp3) is 0.294. The van der Waals surface area contributed by atoms with E-state index in [1.807, 2.05) is 31.5 Å². The van der Waals surface area contributed by atoms with Gasteiger partial charge in [0.05, 0.1) is 32.5 Å². The van der Waals surface area contributed by atoms with E-state index < -0.39 is 0 Å². The normalized spacial score (nSPS) is 12.0. The smallest absolute Gasteiger partial charge is 0.251 e. The summed E-state index contributed by atoms with van der Waals surface area (Å²) in [7, 11) is 3.64. The van der Waals surface area contributed by atoms with Crippen LogP contribution in [-0.2, 0) is 19.4 Å². The monoisotopic (exact) mass is 648 g/mol. The lowest BCUT2D eigenvalue weighted by Gasteiger charge is -2.16. The van der Waals surface area contributed by atoms with E-state index in [1.165, 1.54) is 41.7 Å². The molecular weight excluding hydrogens is 609 g/mol. The average Bonchev–Trinajstić information content (AvgIpc) is 3.71. The van der Waals surface area contributed by atoms with Gasteiger partial charge in [-0.3, -0.25) is 14.4 Å². The number of hydrogen-bond acceptors (Lipinski definition) is 10. The van der Waals surface area contributed by atoms with Gasteiger partial charge in [-0.1, -0.05) is 24.3 Å². The van der Waals surface area contributed by atoms with Crippen LogP contribution < -0.4 is 16.1 Å². The number of hydrogen-bond donors (Lipinski definition) is 5. The minimum absolute atomic E-state index is 0.0381. The predicted molar refractivity (Wildman–Crippen MR) is 183 cm³/mol. The molecule has 45 heavy (non-hydrogen) atoms. The number of aliphatic hydroxyl groups excluding tert-OH is 1. The van der Waals surface area contributed by atoms with Gasteiger partial charge in [0.1, 0.15) is 5.75 Å². The van der Waals surface area contributed by atoms with Gasteiger partial charge >= 0.3 is 0 Å². The maximum absolute atomic E-state index is 11.4. The number of thiophene rings is 2. The molecule has 0 bridgehead atoms. The van der Waals surface area contributed by atoms with Crippen molar-refractivity contribution in [2.45, 2.75) is 39.2 Å². The summed E-state index contributed by atoms with van der Waals surface area (Å²) in [6.07, 6.45) is 6.37. The SMILES string of the molecule is CN/N=C(\C)c1csc(-c2ccc3c(c2)CCCC3)c1O.CNCc1ccc(C(=O)NCCO)cc1.O=Cc1ccc(C=O)s1. The van der Waals surface area contributed by atoms with Gasteiger partial charge in [-0.15, -0.1) is 22.7 Å². The Hall–Kier alpha value is -4.16. The summed E-state index contributed by atoms with van der Waals surface area (Å²) in [5.74, 6) is 0.187. The van der Waals surface area contributed by atoms with Gasteiger partial charge in [-0.05, 0) is 92.2 Å². The molecule has 0 radical (unpaired) electrons. The standard InChI is InChI=1S/C17H20N2OS.C11H16N2O2.C6H4O2S/c1-11(19-18-2)15-10-21-17(16(15)20)14-8-7-12-5-3-4-6-13(12)9-14;1-12-8-9-2-4-10(5-3-9)11(15)13-6-7-14;7-3-5-1-2-6(4-8)9-5/h7-10,18,20H,3-6H2,1-2H3;2-5,12,14H,6-8H2,1H3,(H,13,15);1-4H/b19-11+;;. The second-order valence-corrected chi connectivity index (χ2v) is 12.1. The van der Waals surface area contributed by atoms with Gasteiger partial charge in [0.15, 0.2) is 12.6 Å². The fourth-order valence-corrected chi connectivity index (χ4v) is 6.30. The molecule has 11 heteroatoms. The van der Waals surface area contributed by atoms with Crippen LogP contribution in [0.4, 0.5) is 0 Å². The van der Waals surface area contributed by atoms with Crippen LogP contribution in [-0.4, -0.2) is 61.7 Å². The highest BCUT2D eigenvalue weighted by molar-refractivity contribution is 7.15. The molecule has 2 aromatic heterocycles. The lowest BCUT2D eigenvalue weighted by Crippen LogP contribution is -2.26. The molecule has 5 rings (SSSR count). The molecule has 0 saturated carbocycles. The summed E-state index contributed by atoms with van der Waals surface area (Å²) >= 11 is 2.77. The lowest BCUT2D eigenvalue weighted by molar-refractivity contribution is 0.0944. The maximum atomic E-state index is 11.4. The van der Waals surface area contributed by atoms with Crippen LogP contribution in [0.2, 0.25) is 0 Å². The minimum atomic E-state index is -0.153. The third kappa shape index (κ3) is 10.5. The third-order valence-corrected chi connectivity index (χ3v) is 8.87. The van der Waals surface area contributed by atoms with Crippen molar-refractivity contribution in [3.05, 3.63) is 97.5 Å². The first-order valence-electron chi connectivity index (χ1n) is 14.6. The number of nitrogens with one attached hydrogen (secondary N) is 3. The highest BCUT2D eigenvalue weighted by Crippen LogP contribution is 2.40. The fourth-order valence-electron chi connectivity index (χ4n) is 4.66. The largest absolute Gasteiger partial charge is 0.506 e. The van der Waals surface area contributed by atoms with Crippen LogP contribution in [0.15, 0.2) is 65.1 Å². The second kappa shape index (κ2) is 18.6. The van der Waals surface area contributed by atoms with E-state index in [4.69, 9.17) is 5.11 Å². The van der Waals surface area contributed by atoms with Crippen molar-refractivity contribution in [2.75, 3.05) is 27.2 Å². The van der Waals surface area contributed by atoms with Crippen LogP contribution in [0.3, 0.4) is 0 Å². The quantitative estimate of drug-likeness (QED) is 0.0876. The maximum Gasteiger partial charge on any atom is 0.251 e. The summed E-state index contributed by atoms with van der Waals surface area (Å²) in [6.45, 7) is 2.94. The van der Waals surface area contributed by atoms with Crippen molar-refractivity contribution in [3.63, 3.8) is 0 Å². The number of carbonyl (C=O) groups excluding carboxylic acids is 3. The molecule has 0 saturated heterocycles. The average molecular weight is 649 g/mol. The van der Waals surface area contributed by atoms with Crippen molar-refractivity contribution in [1.29, 1.82) is 0 Å². The number of fused-ring (bicyclic) bond motifs is 1. The number of amides is 1. The van der Waals surface area contributed by atoms with E-state index in [0.29, 0.717) is 21.1 Å². The Labute approximate surface area is 272 Å². The van der Waals surface area contributed by atoms with E-state index in [-0.39, 0.29) is 19.1 Å². The van der Waals surface area contributed by atoms with Gasteiger partial charge in [-0.25, -0.2) is 0 Å². The number of aromatic hydroxyl groups is 1. The molecule has 0 aliphatic heterocycles. The number of aldehydes is 2. The molecule has 0 fully saturated rings. The number of aliphatic hydroxyl groups is 1. The minimum Gasteiger partial charge on any atom is -0.506 e. The Balaban J connectivity index is 0.000000201. The predicted octanol–water partition coefficient (Wildman–Crippen LogP) is 5.44. The van der Waals surface area contributed by atoms with Crippen LogP contribution in [0.5, 0.6) is 5.75 Å². The molecule has 238 valence electrons. The van der Waals surface area contributed by atoms with Gasteiger partial charge < -0.3 is 26.3 Å². The van der Waals surface area contributed by atoms with E-state index in [1.54, 1.807) is 42.6 Å². The molecule has 1 amide bonds. The topological polar surface area (TPSA) is 140 Å². The molecular formula is C34H40N4O5S2. The molecule has 0 atom stereocenters. The number of aryl methyl sites for hydroxylation is 2. The molecule has 2 heterocycles. The van der Waals surface area contributed by atoms with Crippen LogP contribution in [0, 0.1) is 0 Å². The Bertz CT molecular complexity index is 1560. The summed E-state index contributed by atoms with van der Waals surface area (Å²) in [4.78, 5) is 33.6. The van der Waals surface area contributed by atoms with E-state index in [0.717, 1.165) is 52.8 Å². The number of nitrogens with zero attached hydrogens (tertiary/aromatic N) is 1. The molecule has 0 spiro atoms. The zero-order chi connectivity index (χ0) is 32.6. The molecule has 0 unspecified atom stereocenters. The first kappa shape index (κ1) is 35.3. The van der Waals surface area contributed by atoms with Crippen LogP contribution >= 0.6 is 22.7 Å². The number of benzene rings is 2. The van der Waals surface area contributed by atoms with Crippen LogP contribution in [0.1, 0.15) is 71.7 Å². The molecule has 1 aliphatic carbocycles. The van der Waals surface area contributed by atoms with Crippen molar-refractivity contribution >= 4 is 46.9 Å². The first-order valence-corrected chi connectivity index (χ1v) is 16.3. The lowest BCUT2D eigenvalue weighted by atomic mass is 9.90. The Morgan fingerprint density at radius 2 is 1.62 bits per heavy atom. The van der Waals surface area contributed by atoms with E-state index in [9.17, 15) is 19.5 Å². The number of hydrazone groups is 1. The third-order valence-electron chi connectivity index (χ3n) is 6.92. The molecule has 4 aromatic rings. The molecule has 9 nitrogen and oxygen atoms in total. The summed E-state index contributed by atoms with van der Waals surface area (Å²) in [5, 5.41) is 30.8. The van der Waals surface area contributed by atoms with Crippen molar-refractivity contribution in [1.82, 2.24) is 16.1 Å². The summed E-state index contributed by atoms with van der Waals surface area (Å²) in [5.41, 5.74) is 10.1. The zero-order valence-corrected chi connectivity index (χ0v) is 27.4. The van der Waals surface area contributed by atoms with Crippen LogP contribution in [0.25, 0.3) is 10.4 Å². The van der Waals surface area contributed by atoms with Gasteiger partial charge in [0.2, 0.25) is 0 Å². The highest BCUT2D eigenvalue weighted by atomic mass is 32.1. The van der Waals surface area contributed by atoms with Crippen molar-refractivity contribution in [2.24, 2.45) is 5.10 Å².